The van der Waals surface area contributed by atoms with Crippen molar-refractivity contribution in [3.05, 3.63) is 0 Å². The zero-order chi connectivity index (χ0) is 40.7. The number of nitrogens with zero attached hydrogens (tertiary/aromatic N) is 1. The van der Waals surface area contributed by atoms with Gasteiger partial charge in [0.05, 0.1) is 6.04 Å². The molecule has 56 heavy (non-hydrogen) atoms. The fourth-order valence-electron chi connectivity index (χ4n) is 8.05. The minimum absolute atomic E-state index is 0.146. The minimum Gasteiger partial charge on any atom is -0.353 e. The number of amides is 1. The van der Waals surface area contributed by atoms with Gasteiger partial charge in [-0.25, -0.2) is 0 Å². The quantitative estimate of drug-likeness (QED) is 0.0393. The molecule has 0 radical (unpaired) electrons. The monoisotopic (exact) mass is 793 g/mol. The van der Waals surface area contributed by atoms with Crippen LogP contribution < -0.4 is 27.4 Å². The van der Waals surface area contributed by atoms with Gasteiger partial charge in [0.25, 0.3) is 0 Å². The van der Waals surface area contributed by atoms with Crippen LogP contribution in [0.1, 0.15) is 245 Å². The van der Waals surface area contributed by atoms with Crippen LogP contribution in [0.2, 0.25) is 0 Å². The molecular formula is C49H104N6O. The first kappa shape index (κ1) is 55.3. The molecule has 0 saturated carbocycles. The molecule has 0 aliphatic carbocycles. The Kier molecular flexibility index (Phi) is 48.0. The molecule has 7 nitrogen and oxygen atoms in total. The van der Waals surface area contributed by atoms with Gasteiger partial charge in [-0.1, -0.05) is 206 Å². The Labute approximate surface area is 352 Å². The first-order chi connectivity index (χ1) is 27.7. The summed E-state index contributed by atoms with van der Waals surface area (Å²) < 4.78 is 0. The smallest absolute Gasteiger partial charge is 0.237 e. The number of carbonyl (C=O) groups excluding carboxylic acids is 1. The maximum absolute atomic E-state index is 13.3. The van der Waals surface area contributed by atoms with E-state index in [-0.39, 0.29) is 11.9 Å². The van der Waals surface area contributed by atoms with Crippen LogP contribution >= 0.6 is 0 Å². The zero-order valence-electron chi connectivity index (χ0n) is 38.4. The van der Waals surface area contributed by atoms with Crippen LogP contribution in [0, 0.1) is 0 Å². The molecule has 0 aromatic carbocycles. The van der Waals surface area contributed by atoms with Crippen molar-refractivity contribution in [1.82, 2.24) is 20.9 Å². The molecule has 0 heterocycles. The molecule has 0 rings (SSSR count). The van der Waals surface area contributed by atoms with Gasteiger partial charge < -0.3 is 32.3 Å². The first-order valence-corrected chi connectivity index (χ1v) is 25.5. The van der Waals surface area contributed by atoms with E-state index in [9.17, 15) is 4.79 Å². The third-order valence-electron chi connectivity index (χ3n) is 11.9. The van der Waals surface area contributed by atoms with Crippen LogP contribution in [0.25, 0.3) is 0 Å². The normalized spacial score (nSPS) is 12.2. The third-order valence-corrected chi connectivity index (χ3v) is 11.9. The molecule has 7 heteroatoms. The summed E-state index contributed by atoms with van der Waals surface area (Å²) in [5, 5.41) is 10.2. The molecular weight excluding hydrogens is 689 g/mol. The lowest BCUT2D eigenvalue weighted by atomic mass is 10.0. The number of hydrogen-bond donors (Lipinski definition) is 5. The molecule has 0 spiro atoms. The second kappa shape index (κ2) is 48.6. The van der Waals surface area contributed by atoms with Crippen molar-refractivity contribution in [3.63, 3.8) is 0 Å². The van der Waals surface area contributed by atoms with Crippen molar-refractivity contribution < 1.29 is 4.79 Å². The summed E-state index contributed by atoms with van der Waals surface area (Å²) in [6, 6.07) is -0.146. The predicted molar refractivity (Wildman–Crippen MR) is 250 cm³/mol. The maximum Gasteiger partial charge on any atom is 0.237 e. The van der Waals surface area contributed by atoms with Crippen LogP contribution in [0.5, 0.6) is 0 Å². The average molecular weight is 793 g/mol. The second-order valence-electron chi connectivity index (χ2n) is 17.4. The van der Waals surface area contributed by atoms with Gasteiger partial charge in [-0.2, -0.15) is 0 Å². The molecule has 1 unspecified atom stereocenters. The third kappa shape index (κ3) is 42.9. The largest absolute Gasteiger partial charge is 0.353 e. The number of carbonyl (C=O) groups is 1. The fourth-order valence-corrected chi connectivity index (χ4v) is 8.05. The Bertz CT molecular complexity index is 703. The van der Waals surface area contributed by atoms with Crippen molar-refractivity contribution in [2.75, 3.05) is 58.9 Å². The van der Waals surface area contributed by atoms with Gasteiger partial charge in [-0.3, -0.25) is 4.79 Å². The van der Waals surface area contributed by atoms with Gasteiger partial charge in [0, 0.05) is 13.1 Å². The summed E-state index contributed by atoms with van der Waals surface area (Å²) in [4.78, 5) is 15.9. The van der Waals surface area contributed by atoms with Crippen LogP contribution in [-0.2, 0) is 4.79 Å². The highest BCUT2D eigenvalue weighted by atomic mass is 16.2. The highest BCUT2D eigenvalue weighted by Gasteiger charge is 2.17. The van der Waals surface area contributed by atoms with Crippen LogP contribution in [0.3, 0.4) is 0 Å². The van der Waals surface area contributed by atoms with Crippen molar-refractivity contribution in [2.24, 2.45) is 11.5 Å². The second-order valence-corrected chi connectivity index (χ2v) is 17.4. The van der Waals surface area contributed by atoms with Crippen molar-refractivity contribution in [1.29, 1.82) is 0 Å². The Hall–Kier alpha value is -0.730. The van der Waals surface area contributed by atoms with Crippen molar-refractivity contribution in [2.45, 2.75) is 251 Å². The summed E-state index contributed by atoms with van der Waals surface area (Å²) in [6.45, 7) is 12.7. The summed E-state index contributed by atoms with van der Waals surface area (Å²) in [7, 11) is 0. The Balaban J connectivity index is 4.39. The molecule has 0 aliphatic rings. The maximum atomic E-state index is 13.3. The molecule has 0 aromatic rings. The Morgan fingerprint density at radius 3 is 1.12 bits per heavy atom. The summed E-state index contributed by atoms with van der Waals surface area (Å²) in [5.74, 6) is 0.147. The van der Waals surface area contributed by atoms with Crippen LogP contribution in [0.15, 0.2) is 0 Å². The van der Waals surface area contributed by atoms with Gasteiger partial charge >= 0.3 is 0 Å². The number of rotatable bonds is 49. The molecule has 336 valence electrons. The number of nitrogens with two attached hydrogens (primary N) is 2. The number of nitrogens with one attached hydrogen (secondary N) is 3. The molecule has 0 saturated heterocycles. The molecule has 1 atom stereocenters. The summed E-state index contributed by atoms with van der Waals surface area (Å²) in [5.41, 5.74) is 11.4. The Morgan fingerprint density at radius 1 is 0.411 bits per heavy atom. The van der Waals surface area contributed by atoms with Crippen LogP contribution in [-0.4, -0.2) is 75.8 Å². The van der Waals surface area contributed by atoms with E-state index in [0.29, 0.717) is 13.1 Å². The minimum atomic E-state index is -0.146. The van der Waals surface area contributed by atoms with Gasteiger partial charge in [-0.15, -0.1) is 0 Å². The standard InChI is InChI=1S/C49H104N6O/c1-3-5-7-9-11-13-15-17-19-21-23-25-27-29-31-33-45-55(46-34-32-30-28-26-24-22-20-18-16-14-12-10-8-6-4-2)47-44-54-49(56)48(53-43-37-40-51)38-35-41-52-42-36-39-50/h48,52-53H,3-47,50-51H2,1-2H3,(H,54,56). The summed E-state index contributed by atoms with van der Waals surface area (Å²) in [6.07, 6.45) is 48.8. The average Bonchev–Trinajstić information content (AvgIpc) is 3.20. The van der Waals surface area contributed by atoms with E-state index >= 15 is 0 Å². The topological polar surface area (TPSA) is 108 Å². The molecule has 7 N–H and O–H groups in total. The summed E-state index contributed by atoms with van der Waals surface area (Å²) >= 11 is 0. The first-order valence-electron chi connectivity index (χ1n) is 25.5. The lowest BCUT2D eigenvalue weighted by Gasteiger charge is -2.24. The Morgan fingerprint density at radius 2 is 0.750 bits per heavy atom. The number of hydrogen-bond acceptors (Lipinski definition) is 6. The van der Waals surface area contributed by atoms with E-state index in [1.54, 1.807) is 0 Å². The molecule has 0 fully saturated rings. The molecule has 0 aromatic heterocycles. The lowest BCUT2D eigenvalue weighted by Crippen LogP contribution is -2.47. The molecule has 0 aliphatic heterocycles. The zero-order valence-corrected chi connectivity index (χ0v) is 38.4. The van der Waals surface area contributed by atoms with Crippen molar-refractivity contribution in [3.8, 4) is 0 Å². The van der Waals surface area contributed by atoms with Gasteiger partial charge in [0.2, 0.25) is 5.91 Å². The number of unbranched alkanes of at least 4 members (excludes halogenated alkanes) is 30. The predicted octanol–water partition coefficient (Wildman–Crippen LogP) is 12.0. The molecule has 1 amide bonds. The van der Waals surface area contributed by atoms with E-state index in [4.69, 9.17) is 11.5 Å². The lowest BCUT2D eigenvalue weighted by molar-refractivity contribution is -0.123. The van der Waals surface area contributed by atoms with Crippen molar-refractivity contribution >= 4 is 5.91 Å². The van der Waals surface area contributed by atoms with Gasteiger partial charge in [0.15, 0.2) is 0 Å². The van der Waals surface area contributed by atoms with E-state index in [0.717, 1.165) is 58.4 Å². The highest BCUT2D eigenvalue weighted by molar-refractivity contribution is 5.81. The highest BCUT2D eigenvalue weighted by Crippen LogP contribution is 2.16. The van der Waals surface area contributed by atoms with E-state index in [2.05, 4.69) is 34.7 Å². The van der Waals surface area contributed by atoms with E-state index in [1.807, 2.05) is 0 Å². The van der Waals surface area contributed by atoms with Crippen LogP contribution in [0.4, 0.5) is 0 Å². The molecule has 0 bridgehead atoms. The van der Waals surface area contributed by atoms with Gasteiger partial charge in [0.1, 0.15) is 0 Å². The van der Waals surface area contributed by atoms with E-state index in [1.165, 1.54) is 219 Å². The SMILES string of the molecule is CCCCCCCCCCCCCCCCCCN(CCCCCCCCCCCCCCCCCC)CCNC(=O)C(CCCNCCCN)NCCCN. The van der Waals surface area contributed by atoms with Gasteiger partial charge in [-0.05, 0) is 84.3 Å². The van der Waals surface area contributed by atoms with E-state index < -0.39 is 0 Å². The fraction of sp³-hybridized carbons (Fsp3) is 0.980.